The van der Waals surface area contributed by atoms with Crippen molar-refractivity contribution >= 4 is 24.0 Å². The van der Waals surface area contributed by atoms with Gasteiger partial charge in [0.05, 0.1) is 0 Å². The maximum Gasteiger partial charge on any atom is 0.0451 e. The van der Waals surface area contributed by atoms with Gasteiger partial charge in [0, 0.05) is 18.1 Å². The smallest absolute Gasteiger partial charge is 0.0451 e. The normalized spacial score (nSPS) is 16.6. The second-order valence-corrected chi connectivity index (χ2v) is 5.39. The molecule has 1 fully saturated rings. The average Bonchev–Trinajstić information content (AvgIpc) is 2.33. The Hall–Kier alpha value is -0.280. The number of rotatable bonds is 4. The number of hydrogen-bond acceptors (Lipinski definition) is 2. The fourth-order valence-corrected chi connectivity index (χ4v) is 2.68. The second kappa shape index (κ2) is 8.00. The Labute approximate surface area is 121 Å². The van der Waals surface area contributed by atoms with E-state index >= 15 is 0 Å². The van der Waals surface area contributed by atoms with Gasteiger partial charge in [-0.05, 0) is 50.5 Å². The van der Waals surface area contributed by atoms with Crippen molar-refractivity contribution in [2.45, 2.75) is 19.4 Å². The van der Waals surface area contributed by atoms with E-state index < -0.39 is 0 Å². The third kappa shape index (κ3) is 4.77. The van der Waals surface area contributed by atoms with E-state index in [-0.39, 0.29) is 12.4 Å². The fourth-order valence-electron chi connectivity index (χ4n) is 2.49. The van der Waals surface area contributed by atoms with Crippen LogP contribution in [-0.4, -0.2) is 31.6 Å². The lowest BCUT2D eigenvalue weighted by Gasteiger charge is -2.27. The summed E-state index contributed by atoms with van der Waals surface area (Å²) in [7, 11) is 2.19. The van der Waals surface area contributed by atoms with Crippen LogP contribution in [0.25, 0.3) is 0 Å². The summed E-state index contributed by atoms with van der Waals surface area (Å²) in [6.45, 7) is 4.46. The van der Waals surface area contributed by atoms with Crippen molar-refractivity contribution < 1.29 is 0 Å². The molecule has 1 N–H and O–H groups in total. The lowest BCUT2D eigenvalue weighted by atomic mass is 9.97. The minimum absolute atomic E-state index is 0. The Morgan fingerprint density at radius 3 is 2.61 bits per heavy atom. The molecule has 0 radical (unpaired) electrons. The van der Waals surface area contributed by atoms with Crippen molar-refractivity contribution in [2.24, 2.45) is 5.92 Å². The Bertz CT molecular complexity index is 351. The number of nitrogens with zero attached hydrogens (tertiary/aromatic N) is 1. The van der Waals surface area contributed by atoms with E-state index in [0.29, 0.717) is 0 Å². The molecule has 0 aromatic heterocycles. The zero-order valence-electron chi connectivity index (χ0n) is 10.9. The third-order valence-corrected chi connectivity index (χ3v) is 3.80. The fraction of sp³-hybridized carbons (Fsp3) is 0.571. The van der Waals surface area contributed by atoms with Gasteiger partial charge < -0.3 is 10.2 Å². The zero-order chi connectivity index (χ0) is 12.1. The molecular formula is C14H22Cl2N2. The van der Waals surface area contributed by atoms with Crippen molar-refractivity contribution in [2.75, 3.05) is 26.7 Å². The molecule has 1 saturated heterocycles. The highest BCUT2D eigenvalue weighted by Crippen LogP contribution is 2.18. The molecule has 0 atom stereocenters. The van der Waals surface area contributed by atoms with Gasteiger partial charge in [0.2, 0.25) is 0 Å². The van der Waals surface area contributed by atoms with Gasteiger partial charge in [-0.15, -0.1) is 12.4 Å². The standard InChI is InChI=1S/C14H21ClN2.ClH/c1-17(10-12-6-8-16-9-7-12)11-13-4-2-3-5-14(13)15;/h2-5,12,16H,6-11H2,1H3;1H. The largest absolute Gasteiger partial charge is 0.317 e. The van der Waals surface area contributed by atoms with Crippen LogP contribution in [0.4, 0.5) is 0 Å². The molecule has 1 aromatic carbocycles. The van der Waals surface area contributed by atoms with Crippen LogP contribution < -0.4 is 5.32 Å². The van der Waals surface area contributed by atoms with Gasteiger partial charge in [0.15, 0.2) is 0 Å². The number of piperidine rings is 1. The summed E-state index contributed by atoms with van der Waals surface area (Å²) >= 11 is 6.17. The predicted molar refractivity (Wildman–Crippen MR) is 80.6 cm³/mol. The summed E-state index contributed by atoms with van der Waals surface area (Å²) < 4.78 is 0. The molecule has 2 rings (SSSR count). The maximum atomic E-state index is 6.17. The van der Waals surface area contributed by atoms with Gasteiger partial charge >= 0.3 is 0 Å². The van der Waals surface area contributed by atoms with E-state index in [9.17, 15) is 0 Å². The average molecular weight is 289 g/mol. The minimum Gasteiger partial charge on any atom is -0.317 e. The first-order valence-corrected chi connectivity index (χ1v) is 6.76. The number of nitrogens with one attached hydrogen (secondary N) is 1. The van der Waals surface area contributed by atoms with E-state index in [0.717, 1.165) is 17.5 Å². The lowest BCUT2D eigenvalue weighted by Crippen LogP contribution is -2.34. The quantitative estimate of drug-likeness (QED) is 0.915. The second-order valence-electron chi connectivity index (χ2n) is 4.98. The van der Waals surface area contributed by atoms with Crippen LogP contribution in [0.5, 0.6) is 0 Å². The van der Waals surface area contributed by atoms with E-state index in [1.54, 1.807) is 0 Å². The third-order valence-electron chi connectivity index (χ3n) is 3.43. The first-order valence-electron chi connectivity index (χ1n) is 6.38. The van der Waals surface area contributed by atoms with Crippen LogP contribution in [0.1, 0.15) is 18.4 Å². The van der Waals surface area contributed by atoms with Gasteiger partial charge in [-0.25, -0.2) is 0 Å². The van der Waals surface area contributed by atoms with Crippen molar-refractivity contribution in [3.63, 3.8) is 0 Å². The van der Waals surface area contributed by atoms with E-state index in [1.165, 1.54) is 38.0 Å². The van der Waals surface area contributed by atoms with Crippen LogP contribution in [-0.2, 0) is 6.54 Å². The monoisotopic (exact) mass is 288 g/mol. The molecule has 18 heavy (non-hydrogen) atoms. The molecule has 0 spiro atoms. The SMILES string of the molecule is CN(Cc1ccccc1Cl)CC1CCNCC1.Cl. The van der Waals surface area contributed by atoms with E-state index in [2.05, 4.69) is 29.4 Å². The lowest BCUT2D eigenvalue weighted by molar-refractivity contribution is 0.234. The Balaban J connectivity index is 0.00000162. The molecule has 0 bridgehead atoms. The van der Waals surface area contributed by atoms with Gasteiger partial charge in [0.1, 0.15) is 0 Å². The molecule has 1 aliphatic rings. The molecule has 1 aromatic rings. The molecular weight excluding hydrogens is 267 g/mol. The molecule has 2 nitrogen and oxygen atoms in total. The van der Waals surface area contributed by atoms with E-state index in [1.807, 2.05) is 12.1 Å². The summed E-state index contributed by atoms with van der Waals surface area (Å²) in [6.07, 6.45) is 2.60. The summed E-state index contributed by atoms with van der Waals surface area (Å²) in [6, 6.07) is 8.12. The molecule has 0 saturated carbocycles. The first-order chi connectivity index (χ1) is 8.25. The highest BCUT2D eigenvalue weighted by atomic mass is 35.5. The molecule has 1 heterocycles. The van der Waals surface area contributed by atoms with Gasteiger partial charge in [0.25, 0.3) is 0 Å². The highest BCUT2D eigenvalue weighted by Gasteiger charge is 2.15. The summed E-state index contributed by atoms with van der Waals surface area (Å²) in [5.74, 6) is 0.837. The Morgan fingerprint density at radius 2 is 1.94 bits per heavy atom. The van der Waals surface area contributed by atoms with Gasteiger partial charge in [-0.3, -0.25) is 0 Å². The molecule has 0 aliphatic carbocycles. The van der Waals surface area contributed by atoms with Gasteiger partial charge in [-0.1, -0.05) is 29.8 Å². The predicted octanol–water partition coefficient (Wildman–Crippen LogP) is 3.19. The van der Waals surface area contributed by atoms with Crippen LogP contribution in [0, 0.1) is 5.92 Å². The molecule has 102 valence electrons. The van der Waals surface area contributed by atoms with Crippen LogP contribution in [0.15, 0.2) is 24.3 Å². The van der Waals surface area contributed by atoms with Crippen LogP contribution in [0.2, 0.25) is 5.02 Å². The highest BCUT2D eigenvalue weighted by molar-refractivity contribution is 6.31. The van der Waals surface area contributed by atoms with Crippen molar-refractivity contribution in [1.29, 1.82) is 0 Å². The number of halogens is 2. The van der Waals surface area contributed by atoms with Crippen molar-refractivity contribution in [3.05, 3.63) is 34.9 Å². The minimum atomic E-state index is 0. The summed E-state index contributed by atoms with van der Waals surface area (Å²) in [5.41, 5.74) is 1.23. The number of hydrogen-bond donors (Lipinski definition) is 1. The van der Waals surface area contributed by atoms with Crippen LogP contribution in [0.3, 0.4) is 0 Å². The van der Waals surface area contributed by atoms with Crippen molar-refractivity contribution in [1.82, 2.24) is 10.2 Å². The topological polar surface area (TPSA) is 15.3 Å². The molecule has 0 amide bonds. The molecule has 0 unspecified atom stereocenters. The first kappa shape index (κ1) is 15.8. The maximum absolute atomic E-state index is 6.17. The van der Waals surface area contributed by atoms with E-state index in [4.69, 9.17) is 11.6 Å². The molecule has 1 aliphatic heterocycles. The summed E-state index contributed by atoms with van der Waals surface area (Å²) in [5, 5.41) is 4.29. The molecule has 4 heteroatoms. The van der Waals surface area contributed by atoms with Crippen LogP contribution >= 0.6 is 24.0 Å². The zero-order valence-corrected chi connectivity index (χ0v) is 12.4. The Morgan fingerprint density at radius 1 is 1.28 bits per heavy atom. The Kier molecular flexibility index (Phi) is 7.02. The number of benzene rings is 1. The van der Waals surface area contributed by atoms with Gasteiger partial charge in [-0.2, -0.15) is 0 Å². The summed E-state index contributed by atoms with van der Waals surface area (Å²) in [4.78, 5) is 2.39. The van der Waals surface area contributed by atoms with Crippen molar-refractivity contribution in [3.8, 4) is 0 Å².